The maximum Gasteiger partial charge on any atom is 0.191 e. The van der Waals surface area contributed by atoms with Gasteiger partial charge in [0, 0.05) is 5.92 Å². The number of benzene rings is 1. The summed E-state index contributed by atoms with van der Waals surface area (Å²) < 4.78 is 19.1. The molecule has 6 heteroatoms. The smallest absolute Gasteiger partial charge is 0.191 e. The number of para-hydroxylation sites is 1. The number of hydrogen-bond donors (Lipinski definition) is 2. The Bertz CT molecular complexity index is 713. The van der Waals surface area contributed by atoms with E-state index in [0.29, 0.717) is 23.3 Å². The van der Waals surface area contributed by atoms with Crippen LogP contribution in [0, 0.1) is 11.7 Å². The summed E-state index contributed by atoms with van der Waals surface area (Å²) in [6.07, 6.45) is 2.73. The number of thiocarbonyl (C=S) groups is 1. The summed E-state index contributed by atoms with van der Waals surface area (Å²) in [7, 11) is 0. The molecular formula is C16H16FN3OS. The van der Waals surface area contributed by atoms with E-state index >= 15 is 0 Å². The second-order valence-electron chi connectivity index (χ2n) is 5.36. The highest BCUT2D eigenvalue weighted by atomic mass is 32.1. The average molecular weight is 317 g/mol. The first-order chi connectivity index (χ1) is 10.6. The van der Waals surface area contributed by atoms with Gasteiger partial charge in [-0.25, -0.2) is 4.39 Å². The second-order valence-corrected chi connectivity index (χ2v) is 5.77. The van der Waals surface area contributed by atoms with Gasteiger partial charge in [0.2, 0.25) is 0 Å². The average Bonchev–Trinajstić information content (AvgIpc) is 3.04. The van der Waals surface area contributed by atoms with Crippen molar-refractivity contribution < 1.29 is 8.81 Å². The lowest BCUT2D eigenvalue weighted by Crippen LogP contribution is -2.24. The zero-order chi connectivity index (χ0) is 15.5. The third-order valence-electron chi connectivity index (χ3n) is 3.60. The van der Waals surface area contributed by atoms with Gasteiger partial charge in [-0.05, 0) is 48.8 Å². The van der Waals surface area contributed by atoms with Gasteiger partial charge in [0.05, 0.1) is 11.9 Å². The first kappa shape index (κ1) is 14.7. The summed E-state index contributed by atoms with van der Waals surface area (Å²) in [5.41, 5.74) is 2.94. The van der Waals surface area contributed by atoms with Crippen LogP contribution in [0.3, 0.4) is 0 Å². The molecule has 1 aliphatic rings. The van der Waals surface area contributed by atoms with Crippen LogP contribution >= 0.6 is 12.2 Å². The maximum absolute atomic E-state index is 13.4. The number of furan rings is 1. The van der Waals surface area contributed by atoms with Crippen LogP contribution in [0.1, 0.15) is 30.8 Å². The van der Waals surface area contributed by atoms with Crippen molar-refractivity contribution in [2.75, 3.05) is 5.32 Å². The van der Waals surface area contributed by atoms with Crippen LogP contribution in [-0.2, 0) is 0 Å². The predicted octanol–water partition coefficient (Wildman–Crippen LogP) is 3.86. The monoisotopic (exact) mass is 317 g/mol. The zero-order valence-corrected chi connectivity index (χ0v) is 12.9. The standard InChI is InChI=1S/C16H16FN3OS/c1-10-8-12(10)15-7-6-11(21-15)9-18-20-16(22)19-14-5-3-2-4-13(14)17/h2-7,9-10,12H,8H2,1H3,(H2,19,20,22)/b18-9-/t10-,12-/m1/s1. The lowest BCUT2D eigenvalue weighted by atomic mass is 10.3. The highest BCUT2D eigenvalue weighted by Crippen LogP contribution is 2.47. The van der Waals surface area contributed by atoms with Crippen LogP contribution in [0.25, 0.3) is 0 Å². The fourth-order valence-corrected chi connectivity index (χ4v) is 2.39. The summed E-state index contributed by atoms with van der Waals surface area (Å²) in [6, 6.07) is 10.1. The van der Waals surface area contributed by atoms with Crippen LogP contribution in [0.5, 0.6) is 0 Å². The molecular weight excluding hydrogens is 301 g/mol. The van der Waals surface area contributed by atoms with E-state index in [1.807, 2.05) is 12.1 Å². The minimum Gasteiger partial charge on any atom is -0.460 e. The molecule has 4 nitrogen and oxygen atoms in total. The molecule has 1 saturated carbocycles. The Kier molecular flexibility index (Phi) is 4.20. The Hall–Kier alpha value is -2.21. The van der Waals surface area contributed by atoms with Gasteiger partial charge in [-0.15, -0.1) is 0 Å². The predicted molar refractivity (Wildman–Crippen MR) is 88.6 cm³/mol. The van der Waals surface area contributed by atoms with Gasteiger partial charge in [0.1, 0.15) is 17.3 Å². The Labute approximate surface area is 133 Å². The minimum absolute atomic E-state index is 0.212. The molecule has 0 radical (unpaired) electrons. The van der Waals surface area contributed by atoms with Gasteiger partial charge in [0.25, 0.3) is 0 Å². The van der Waals surface area contributed by atoms with E-state index in [9.17, 15) is 4.39 Å². The van der Waals surface area contributed by atoms with Crippen LogP contribution in [0.2, 0.25) is 0 Å². The molecule has 1 fully saturated rings. The highest BCUT2D eigenvalue weighted by molar-refractivity contribution is 7.80. The minimum atomic E-state index is -0.371. The molecule has 0 amide bonds. The number of hydrogen-bond acceptors (Lipinski definition) is 3. The number of anilines is 1. The van der Waals surface area contributed by atoms with Gasteiger partial charge in [-0.2, -0.15) is 5.10 Å². The molecule has 0 bridgehead atoms. The number of nitrogens with one attached hydrogen (secondary N) is 2. The summed E-state index contributed by atoms with van der Waals surface area (Å²) in [6.45, 7) is 2.20. The number of rotatable bonds is 4. The fourth-order valence-electron chi connectivity index (χ4n) is 2.22. The van der Waals surface area contributed by atoms with Crippen LogP contribution in [-0.4, -0.2) is 11.3 Å². The van der Waals surface area contributed by atoms with Gasteiger partial charge in [0.15, 0.2) is 5.11 Å². The molecule has 2 N–H and O–H groups in total. The molecule has 114 valence electrons. The van der Waals surface area contributed by atoms with E-state index in [-0.39, 0.29) is 10.9 Å². The van der Waals surface area contributed by atoms with Gasteiger partial charge in [-0.1, -0.05) is 19.1 Å². The molecule has 1 aromatic heterocycles. The van der Waals surface area contributed by atoms with Crippen LogP contribution in [0.15, 0.2) is 45.9 Å². The Morgan fingerprint density at radius 2 is 2.14 bits per heavy atom. The zero-order valence-electron chi connectivity index (χ0n) is 12.0. The van der Waals surface area contributed by atoms with E-state index in [4.69, 9.17) is 16.6 Å². The molecule has 0 spiro atoms. The quantitative estimate of drug-likeness (QED) is 0.511. The highest BCUT2D eigenvalue weighted by Gasteiger charge is 2.36. The largest absolute Gasteiger partial charge is 0.460 e. The van der Waals surface area contributed by atoms with Gasteiger partial charge < -0.3 is 9.73 Å². The SMILES string of the molecule is C[C@@H]1C[C@H]1c1ccc(/C=N\NC(=S)Nc2ccccc2F)o1. The van der Waals surface area contributed by atoms with Crippen LogP contribution in [0.4, 0.5) is 10.1 Å². The molecule has 1 aliphatic carbocycles. The maximum atomic E-state index is 13.4. The fraction of sp³-hybridized carbons (Fsp3) is 0.250. The molecule has 22 heavy (non-hydrogen) atoms. The molecule has 2 atom stereocenters. The van der Waals surface area contributed by atoms with Crippen molar-refractivity contribution in [2.24, 2.45) is 11.0 Å². The molecule has 0 aliphatic heterocycles. The second kappa shape index (κ2) is 6.27. The number of hydrazone groups is 1. The van der Waals surface area contributed by atoms with Gasteiger partial charge >= 0.3 is 0 Å². The summed E-state index contributed by atoms with van der Waals surface area (Å²) in [4.78, 5) is 0. The van der Waals surface area contributed by atoms with Crippen molar-refractivity contribution >= 4 is 29.2 Å². The van der Waals surface area contributed by atoms with E-state index in [2.05, 4.69) is 22.8 Å². The number of halogens is 1. The Morgan fingerprint density at radius 1 is 1.36 bits per heavy atom. The topological polar surface area (TPSA) is 49.6 Å². The summed E-state index contributed by atoms with van der Waals surface area (Å²) in [5, 5.41) is 6.93. The summed E-state index contributed by atoms with van der Waals surface area (Å²) >= 11 is 5.05. The van der Waals surface area contributed by atoms with E-state index in [0.717, 1.165) is 5.76 Å². The van der Waals surface area contributed by atoms with Crippen molar-refractivity contribution in [1.82, 2.24) is 5.43 Å². The van der Waals surface area contributed by atoms with Crippen molar-refractivity contribution in [3.63, 3.8) is 0 Å². The van der Waals surface area contributed by atoms with Crippen molar-refractivity contribution in [3.8, 4) is 0 Å². The first-order valence-corrected chi connectivity index (χ1v) is 7.48. The molecule has 0 saturated heterocycles. The lowest BCUT2D eigenvalue weighted by Gasteiger charge is -2.07. The molecule has 0 unspecified atom stereocenters. The van der Waals surface area contributed by atoms with Crippen molar-refractivity contribution in [2.45, 2.75) is 19.3 Å². The first-order valence-electron chi connectivity index (χ1n) is 7.08. The third kappa shape index (κ3) is 3.51. The molecule has 1 aromatic carbocycles. The number of nitrogens with zero attached hydrogens (tertiary/aromatic N) is 1. The third-order valence-corrected chi connectivity index (χ3v) is 3.80. The molecule has 1 heterocycles. The molecule has 2 aromatic rings. The van der Waals surface area contributed by atoms with Crippen LogP contribution < -0.4 is 10.7 Å². The van der Waals surface area contributed by atoms with Crippen molar-refractivity contribution in [1.29, 1.82) is 0 Å². The van der Waals surface area contributed by atoms with Gasteiger partial charge in [-0.3, -0.25) is 5.43 Å². The molecule has 3 rings (SSSR count). The Balaban J connectivity index is 1.52. The Morgan fingerprint density at radius 3 is 2.86 bits per heavy atom. The van der Waals surface area contributed by atoms with Crippen molar-refractivity contribution in [3.05, 3.63) is 53.7 Å². The lowest BCUT2D eigenvalue weighted by molar-refractivity contribution is 0.500. The normalized spacial score (nSPS) is 20.1. The van der Waals surface area contributed by atoms with E-state index in [1.54, 1.807) is 24.4 Å². The summed E-state index contributed by atoms with van der Waals surface area (Å²) in [5.74, 6) is 2.53. The van der Waals surface area contributed by atoms with E-state index in [1.165, 1.54) is 12.5 Å². The van der Waals surface area contributed by atoms with E-state index < -0.39 is 0 Å².